The Balaban J connectivity index is 0. The largest absolute Gasteiger partial charge is 0.103 e. The molecule has 0 heterocycles. The van der Waals surface area contributed by atoms with Gasteiger partial charge in [0.25, 0.3) is 0 Å². The molecule has 0 amide bonds. The van der Waals surface area contributed by atoms with E-state index in [1.54, 1.807) is 0 Å². The van der Waals surface area contributed by atoms with Crippen LogP contribution in [0.25, 0.3) is 0 Å². The molecule has 0 radical (unpaired) electrons. The van der Waals surface area contributed by atoms with E-state index in [0.29, 0.717) is 0 Å². The van der Waals surface area contributed by atoms with Crippen LogP contribution < -0.4 is 0 Å². The molecule has 0 atom stereocenters. The van der Waals surface area contributed by atoms with Crippen molar-refractivity contribution in [2.24, 2.45) is 0 Å². The third-order valence-electron chi connectivity index (χ3n) is 0.757. The highest BCUT2D eigenvalue weighted by molar-refractivity contribution is 6.76. The maximum absolute atomic E-state index is 3.68. The van der Waals surface area contributed by atoms with Crippen molar-refractivity contribution in [1.29, 1.82) is 0 Å². The average molecular weight is 128 g/mol. The molecule has 0 N–H and O–H groups in total. The molecule has 0 aromatic heterocycles. The van der Waals surface area contributed by atoms with Gasteiger partial charge in [-0.05, 0) is 6.04 Å². The van der Waals surface area contributed by atoms with Crippen LogP contribution in [-0.4, -0.2) is 16.5 Å². The second kappa shape index (κ2) is 3.96. The second-order valence-electron chi connectivity index (χ2n) is 3.05. The van der Waals surface area contributed by atoms with Crippen LogP contribution in [0.4, 0.5) is 0 Å². The summed E-state index contributed by atoms with van der Waals surface area (Å²) < 4.78 is 0. The lowest BCUT2D eigenvalue weighted by Gasteiger charge is -2.10. The Morgan fingerprint density at radius 3 is 1.75 bits per heavy atom. The van der Waals surface area contributed by atoms with E-state index in [2.05, 4.69) is 26.2 Å². The van der Waals surface area contributed by atoms with Crippen molar-refractivity contribution < 1.29 is 0 Å². The van der Waals surface area contributed by atoms with Gasteiger partial charge >= 0.3 is 0 Å². The van der Waals surface area contributed by atoms with Crippen molar-refractivity contribution in [3.05, 3.63) is 12.7 Å². The molecule has 0 spiro atoms. The van der Waals surface area contributed by atoms with Crippen LogP contribution in [0.3, 0.4) is 0 Å². The molecule has 0 aromatic rings. The van der Waals surface area contributed by atoms with Crippen LogP contribution in [0, 0.1) is 0 Å². The Kier molecular flexibility index (Phi) is 5.39. The topological polar surface area (TPSA) is 0 Å². The van der Waals surface area contributed by atoms with Crippen LogP contribution in [0.1, 0.15) is 0 Å². The van der Waals surface area contributed by atoms with Crippen molar-refractivity contribution in [2.75, 3.05) is 0 Å². The van der Waals surface area contributed by atoms with Gasteiger partial charge < -0.3 is 0 Å². The quantitative estimate of drug-likeness (QED) is 0.388. The highest BCUT2D eigenvalue weighted by atomic mass is 28.3. The van der Waals surface area contributed by atoms with Gasteiger partial charge in [0, 0.05) is 8.07 Å². The number of rotatable bonds is 2. The minimum absolute atomic E-state index is 0. The molecule has 0 unspecified atom stereocenters. The fourth-order valence-corrected chi connectivity index (χ4v) is 1.30. The zero-order chi connectivity index (χ0) is 5.91. The van der Waals surface area contributed by atoms with E-state index in [0.717, 1.165) is 0 Å². The second-order valence-corrected chi connectivity index (χ2v) is 8.58. The molecule has 2 heteroatoms. The highest BCUT2D eigenvalue weighted by Crippen LogP contribution is 2.06. The molecule has 48 valence electrons. The maximum atomic E-state index is 3.68. The van der Waals surface area contributed by atoms with E-state index in [9.17, 15) is 0 Å². The van der Waals surface area contributed by atoms with Crippen molar-refractivity contribution in [1.82, 2.24) is 0 Å². The zero-order valence-electron chi connectivity index (χ0n) is 5.49. The van der Waals surface area contributed by atoms with Crippen molar-refractivity contribution in [2.45, 2.75) is 25.7 Å². The van der Waals surface area contributed by atoms with E-state index < -0.39 is 8.07 Å². The first-order chi connectivity index (χ1) is 3.06. The van der Waals surface area contributed by atoms with Crippen LogP contribution in [0.2, 0.25) is 25.7 Å². The van der Waals surface area contributed by atoms with Crippen LogP contribution >= 0.6 is 0 Å². The molecule has 0 nitrogen and oxygen atoms in total. The van der Waals surface area contributed by atoms with Gasteiger partial charge in [0.1, 0.15) is 0 Å². The number of hydrogen-bond donors (Lipinski definition) is 0. The molecule has 0 rings (SSSR count). The molecule has 0 fully saturated rings. The third kappa shape index (κ3) is 9.39. The summed E-state index contributed by atoms with van der Waals surface area (Å²) in [5, 5.41) is 0. The van der Waals surface area contributed by atoms with E-state index >= 15 is 0 Å². The molecule has 8 heavy (non-hydrogen) atoms. The normalized spacial score (nSPS) is 9.88. The third-order valence-corrected chi connectivity index (χ3v) is 2.27. The van der Waals surface area contributed by atoms with Gasteiger partial charge in [0.2, 0.25) is 0 Å². The van der Waals surface area contributed by atoms with E-state index in [1.165, 1.54) is 6.04 Å². The number of allylic oxidation sites excluding steroid dienone is 1. The zero-order valence-corrected chi connectivity index (χ0v) is 6.49. The van der Waals surface area contributed by atoms with Crippen molar-refractivity contribution in [3.63, 3.8) is 0 Å². The smallest absolute Gasteiger partial charge is 0.0814 e. The van der Waals surface area contributed by atoms with Crippen LogP contribution in [0.15, 0.2) is 12.7 Å². The molecule has 0 aliphatic rings. The molecular weight excluding hydrogens is 111 g/mol. The molecule has 0 bridgehead atoms. The minimum atomic E-state index is -0.775. The predicted molar refractivity (Wildman–Crippen MR) is 48.3 cm³/mol. The van der Waals surface area contributed by atoms with Gasteiger partial charge in [0.05, 0.1) is 8.41 Å². The Morgan fingerprint density at radius 2 is 1.75 bits per heavy atom. The average Bonchev–Trinajstić information content (AvgIpc) is 1.30. The lowest BCUT2D eigenvalue weighted by atomic mass is 10.8. The molecule has 0 aliphatic heterocycles. The highest BCUT2D eigenvalue weighted by Gasteiger charge is 2.08. The first-order valence-electron chi connectivity index (χ1n) is 2.67. The van der Waals surface area contributed by atoms with Gasteiger partial charge in [-0.2, -0.15) is 0 Å². The summed E-state index contributed by atoms with van der Waals surface area (Å²) in [6.45, 7) is 10.7. The van der Waals surface area contributed by atoms with Crippen molar-refractivity contribution in [3.8, 4) is 0 Å². The van der Waals surface area contributed by atoms with Crippen LogP contribution in [-0.2, 0) is 0 Å². The predicted octanol–water partition coefficient (Wildman–Crippen LogP) is 1.33. The summed E-state index contributed by atoms with van der Waals surface area (Å²) in [4.78, 5) is 0. The van der Waals surface area contributed by atoms with E-state index in [-0.39, 0.29) is 8.41 Å². The van der Waals surface area contributed by atoms with Gasteiger partial charge in [-0.15, -0.1) is 6.58 Å². The van der Waals surface area contributed by atoms with Crippen LogP contribution in [0.5, 0.6) is 0 Å². The molecule has 0 saturated carbocycles. The summed E-state index contributed by atoms with van der Waals surface area (Å²) in [6, 6.07) is 1.24. The van der Waals surface area contributed by atoms with E-state index in [1.807, 2.05) is 6.08 Å². The Bertz CT molecular complexity index is 63.4. The minimum Gasteiger partial charge on any atom is -0.103 e. The molecule has 0 saturated heterocycles. The van der Waals surface area contributed by atoms with Gasteiger partial charge in [0.15, 0.2) is 0 Å². The van der Waals surface area contributed by atoms with E-state index in [4.69, 9.17) is 0 Å². The number of hydrogen-bond acceptors (Lipinski definition) is 0. The first-order valence-corrected chi connectivity index (χ1v) is 6.38. The Morgan fingerprint density at radius 1 is 1.38 bits per heavy atom. The fraction of sp³-hybridized carbons (Fsp3) is 0.667. The summed E-state index contributed by atoms with van der Waals surface area (Å²) >= 11 is 0. The Labute approximate surface area is 55.6 Å². The fourth-order valence-electron chi connectivity index (χ4n) is 0.433. The molecular formula is C6H17BSi. The standard InChI is InChI=1S/C6H14Si.BH3/c1-5-6-7(2,3)4;/h5H,1,6H2,2-4H3;1H3. The monoisotopic (exact) mass is 128 g/mol. The summed E-state index contributed by atoms with van der Waals surface area (Å²) in [6.07, 6.45) is 2.02. The lowest BCUT2D eigenvalue weighted by molar-refractivity contribution is 1.52. The molecule has 0 aromatic carbocycles. The first kappa shape index (κ1) is 10.9. The maximum Gasteiger partial charge on any atom is 0.0814 e. The van der Waals surface area contributed by atoms with Gasteiger partial charge in [-0.3, -0.25) is 0 Å². The van der Waals surface area contributed by atoms with Crippen molar-refractivity contribution >= 4 is 16.5 Å². The summed E-state index contributed by atoms with van der Waals surface area (Å²) in [7, 11) is -0.775. The summed E-state index contributed by atoms with van der Waals surface area (Å²) in [5.41, 5.74) is 0. The molecule has 0 aliphatic carbocycles. The Hall–Kier alpha value is 0.0218. The summed E-state index contributed by atoms with van der Waals surface area (Å²) in [5.74, 6) is 0. The van der Waals surface area contributed by atoms with Gasteiger partial charge in [-0.1, -0.05) is 25.7 Å². The lowest BCUT2D eigenvalue weighted by Crippen LogP contribution is -2.16. The SMILES string of the molecule is B.C=CC[Si](C)(C)C. The van der Waals surface area contributed by atoms with Gasteiger partial charge in [-0.25, -0.2) is 0 Å².